The average molecular weight is 312 g/mol. The van der Waals surface area contributed by atoms with Crippen LogP contribution in [0, 0.1) is 0 Å². The van der Waals surface area contributed by atoms with Gasteiger partial charge in [0.2, 0.25) is 0 Å². The largest absolute Gasteiger partial charge is 0.435 e. The molecule has 21 heavy (non-hydrogen) atoms. The van der Waals surface area contributed by atoms with E-state index in [1.807, 2.05) is 0 Å². The van der Waals surface area contributed by atoms with E-state index in [4.69, 9.17) is 10.2 Å². The molecular formula is C12H7F3N4OS. The molecule has 0 saturated carbocycles. The molecule has 108 valence electrons. The predicted octanol–water partition coefficient (Wildman–Crippen LogP) is 3.37. The molecule has 0 saturated heterocycles. The number of alkyl halides is 3. The van der Waals surface area contributed by atoms with Gasteiger partial charge in [0.15, 0.2) is 11.3 Å². The monoisotopic (exact) mass is 312 g/mol. The predicted molar refractivity (Wildman–Crippen MR) is 69.6 cm³/mol. The first kappa shape index (κ1) is 13.7. The Kier molecular flexibility index (Phi) is 3.20. The van der Waals surface area contributed by atoms with E-state index in [0.29, 0.717) is 16.8 Å². The van der Waals surface area contributed by atoms with Crippen LogP contribution in [0.2, 0.25) is 0 Å². The maximum absolute atomic E-state index is 12.4. The van der Waals surface area contributed by atoms with Crippen LogP contribution in [0.25, 0.3) is 11.1 Å². The van der Waals surface area contributed by atoms with Crippen molar-refractivity contribution in [3.8, 4) is 0 Å². The molecule has 0 unspecified atom stereocenters. The molecule has 3 rings (SSSR count). The highest BCUT2D eigenvalue weighted by Gasteiger charge is 2.32. The number of anilines is 1. The van der Waals surface area contributed by atoms with Crippen molar-refractivity contribution < 1.29 is 17.6 Å². The van der Waals surface area contributed by atoms with Crippen molar-refractivity contribution in [1.29, 1.82) is 0 Å². The first-order valence-electron chi connectivity index (χ1n) is 5.67. The zero-order valence-electron chi connectivity index (χ0n) is 10.3. The fraction of sp³-hybridized carbons (Fsp3) is 0.0833. The Morgan fingerprint density at radius 1 is 1.10 bits per heavy atom. The number of fused-ring (bicyclic) bond motifs is 1. The van der Waals surface area contributed by atoms with E-state index in [1.54, 1.807) is 18.2 Å². The van der Waals surface area contributed by atoms with Crippen molar-refractivity contribution in [3.05, 3.63) is 36.0 Å². The van der Waals surface area contributed by atoms with Gasteiger partial charge in [0.1, 0.15) is 10.5 Å². The summed E-state index contributed by atoms with van der Waals surface area (Å²) >= 11 is 0.979. The summed E-state index contributed by atoms with van der Waals surface area (Å²) in [5.74, 6) is 0. The summed E-state index contributed by atoms with van der Waals surface area (Å²) < 4.78 is 42.5. The van der Waals surface area contributed by atoms with Crippen molar-refractivity contribution in [2.24, 2.45) is 0 Å². The van der Waals surface area contributed by atoms with Crippen molar-refractivity contribution in [3.63, 3.8) is 0 Å². The molecule has 0 bridgehead atoms. The Bertz CT molecular complexity index is 785. The second kappa shape index (κ2) is 4.92. The molecule has 0 spiro atoms. The third-order valence-electron chi connectivity index (χ3n) is 2.52. The number of halogens is 3. The average Bonchev–Trinajstić information content (AvgIpc) is 2.79. The van der Waals surface area contributed by atoms with Crippen molar-refractivity contribution in [1.82, 2.24) is 15.2 Å². The standard InChI is InChI=1S/C12H7F3N4OS/c13-12(14,15)9-3-4-10(19-18-9)21-11-17-7-2-1-6(16)5-8(7)20-11/h1-5H,16H2. The highest BCUT2D eigenvalue weighted by atomic mass is 32.2. The lowest BCUT2D eigenvalue weighted by Gasteiger charge is -2.03. The van der Waals surface area contributed by atoms with Crippen LogP contribution in [0.15, 0.2) is 45.0 Å². The number of benzene rings is 1. The molecule has 0 fully saturated rings. The summed E-state index contributed by atoms with van der Waals surface area (Å²) in [6.07, 6.45) is -4.51. The van der Waals surface area contributed by atoms with E-state index >= 15 is 0 Å². The van der Waals surface area contributed by atoms with E-state index in [9.17, 15) is 13.2 Å². The minimum absolute atomic E-state index is 0.252. The minimum atomic E-state index is -4.51. The lowest BCUT2D eigenvalue weighted by atomic mass is 10.3. The van der Waals surface area contributed by atoms with Crippen molar-refractivity contribution >= 4 is 28.5 Å². The molecule has 0 aliphatic heterocycles. The van der Waals surface area contributed by atoms with Gasteiger partial charge in [0.05, 0.1) is 0 Å². The molecule has 0 aliphatic carbocycles. The van der Waals surface area contributed by atoms with Crippen LogP contribution in [0.5, 0.6) is 0 Å². The fourth-order valence-electron chi connectivity index (χ4n) is 1.58. The Morgan fingerprint density at radius 2 is 1.90 bits per heavy atom. The Morgan fingerprint density at radius 3 is 2.57 bits per heavy atom. The van der Waals surface area contributed by atoms with Crippen LogP contribution in [0.4, 0.5) is 18.9 Å². The third-order valence-corrected chi connectivity index (χ3v) is 3.29. The number of hydrogen-bond donors (Lipinski definition) is 1. The van der Waals surface area contributed by atoms with Crippen molar-refractivity contribution in [2.75, 3.05) is 5.73 Å². The van der Waals surface area contributed by atoms with Gasteiger partial charge < -0.3 is 10.2 Å². The van der Waals surface area contributed by atoms with Gasteiger partial charge in [-0.2, -0.15) is 13.2 Å². The summed E-state index contributed by atoms with van der Waals surface area (Å²) in [5.41, 5.74) is 6.21. The van der Waals surface area contributed by atoms with Gasteiger partial charge in [-0.05, 0) is 36.0 Å². The molecule has 2 heterocycles. The summed E-state index contributed by atoms with van der Waals surface area (Å²) in [7, 11) is 0. The molecule has 5 nitrogen and oxygen atoms in total. The van der Waals surface area contributed by atoms with Crippen molar-refractivity contribution in [2.45, 2.75) is 16.4 Å². The number of aromatic nitrogens is 3. The maximum atomic E-state index is 12.4. The van der Waals surface area contributed by atoms with E-state index in [1.165, 1.54) is 6.07 Å². The number of nitrogen functional groups attached to an aromatic ring is 1. The van der Waals surface area contributed by atoms with Gasteiger partial charge >= 0.3 is 6.18 Å². The molecule has 0 atom stereocenters. The smallest absolute Gasteiger partial charge is 0.431 e. The first-order valence-corrected chi connectivity index (χ1v) is 6.48. The first-order chi connectivity index (χ1) is 9.91. The number of rotatable bonds is 2. The van der Waals surface area contributed by atoms with E-state index < -0.39 is 11.9 Å². The fourth-order valence-corrected chi connectivity index (χ4v) is 2.25. The molecule has 9 heteroatoms. The topological polar surface area (TPSA) is 77.8 Å². The number of hydrogen-bond acceptors (Lipinski definition) is 6. The highest BCUT2D eigenvalue weighted by molar-refractivity contribution is 7.99. The molecule has 0 aliphatic rings. The summed E-state index contributed by atoms with van der Waals surface area (Å²) in [6, 6.07) is 7.05. The normalized spacial score (nSPS) is 12.0. The number of oxazole rings is 1. The summed E-state index contributed by atoms with van der Waals surface area (Å²) in [4.78, 5) is 4.17. The Balaban J connectivity index is 1.84. The van der Waals surface area contributed by atoms with Crippen LogP contribution in [0.3, 0.4) is 0 Å². The SMILES string of the molecule is Nc1ccc2nc(Sc3ccc(C(F)(F)F)nn3)oc2c1. The van der Waals surface area contributed by atoms with Crippen LogP contribution < -0.4 is 5.73 Å². The zero-order chi connectivity index (χ0) is 15.0. The van der Waals surface area contributed by atoms with Crippen LogP contribution in [-0.4, -0.2) is 15.2 Å². The van der Waals surface area contributed by atoms with Crippen LogP contribution in [0.1, 0.15) is 5.69 Å². The number of nitrogens with zero attached hydrogens (tertiary/aromatic N) is 3. The molecule has 0 radical (unpaired) electrons. The van der Waals surface area contributed by atoms with Crippen LogP contribution in [-0.2, 0) is 6.18 Å². The molecular weight excluding hydrogens is 305 g/mol. The van der Waals surface area contributed by atoms with Gasteiger partial charge in [-0.1, -0.05) is 0 Å². The second-order valence-corrected chi connectivity index (χ2v) is 5.04. The molecule has 0 amide bonds. The summed E-state index contributed by atoms with van der Waals surface area (Å²) in [5, 5.41) is 7.13. The second-order valence-electron chi connectivity index (χ2n) is 4.06. The molecule has 3 aromatic rings. The zero-order valence-corrected chi connectivity index (χ0v) is 11.1. The Hall–Kier alpha value is -2.29. The Labute approximate surface area is 120 Å². The lowest BCUT2D eigenvalue weighted by Crippen LogP contribution is -2.08. The van der Waals surface area contributed by atoms with Gasteiger partial charge in [0, 0.05) is 11.8 Å². The van der Waals surface area contributed by atoms with E-state index in [0.717, 1.165) is 17.8 Å². The quantitative estimate of drug-likeness (QED) is 0.731. The van der Waals surface area contributed by atoms with Gasteiger partial charge in [-0.25, -0.2) is 4.98 Å². The minimum Gasteiger partial charge on any atom is -0.431 e. The van der Waals surface area contributed by atoms with Gasteiger partial charge in [-0.15, -0.1) is 10.2 Å². The molecule has 2 N–H and O–H groups in total. The van der Waals surface area contributed by atoms with E-state index in [2.05, 4.69) is 15.2 Å². The lowest BCUT2D eigenvalue weighted by molar-refractivity contribution is -0.141. The highest BCUT2D eigenvalue weighted by Crippen LogP contribution is 2.31. The van der Waals surface area contributed by atoms with Gasteiger partial charge in [-0.3, -0.25) is 0 Å². The number of nitrogens with two attached hydrogens (primary N) is 1. The van der Waals surface area contributed by atoms with E-state index in [-0.39, 0.29) is 10.2 Å². The molecule has 2 aromatic heterocycles. The van der Waals surface area contributed by atoms with Crippen LogP contribution >= 0.6 is 11.8 Å². The third kappa shape index (κ3) is 2.92. The molecule has 1 aromatic carbocycles. The maximum Gasteiger partial charge on any atom is 0.435 e. The summed E-state index contributed by atoms with van der Waals surface area (Å²) in [6.45, 7) is 0. The van der Waals surface area contributed by atoms with Gasteiger partial charge in [0.25, 0.3) is 5.22 Å².